The Morgan fingerprint density at radius 1 is 1.45 bits per heavy atom. The average Bonchev–Trinajstić information content (AvgIpc) is 2.73. The van der Waals surface area contributed by atoms with E-state index in [4.69, 9.17) is 0 Å². The molecular weight excluding hydrogens is 272 g/mol. The Bertz CT molecular complexity index is 435. The van der Waals surface area contributed by atoms with E-state index in [2.05, 4.69) is 31.1 Å². The van der Waals surface area contributed by atoms with Gasteiger partial charge in [0.15, 0.2) is 0 Å². The van der Waals surface area contributed by atoms with E-state index in [1.807, 2.05) is 12.3 Å². The quantitative estimate of drug-likeness (QED) is 0.848. The van der Waals surface area contributed by atoms with Crippen molar-refractivity contribution >= 4 is 17.2 Å². The van der Waals surface area contributed by atoms with E-state index in [0.29, 0.717) is 19.4 Å². The summed E-state index contributed by atoms with van der Waals surface area (Å²) in [6, 6.07) is 0. The van der Waals surface area contributed by atoms with Gasteiger partial charge in [-0.1, -0.05) is 27.7 Å². The predicted molar refractivity (Wildman–Crippen MR) is 83.0 cm³/mol. The maximum atomic E-state index is 11.9. The van der Waals surface area contributed by atoms with Crippen molar-refractivity contribution < 1.29 is 9.90 Å². The standard InChI is InChI=1S/C15H26N2O2S/c1-10(6-11(2)18)8-16-13(19)7-12-9-20-14(17-12)15(3,4)5/h9-11,18H,6-8H2,1-5H3,(H,16,19)/t10-,11+/m0/s1. The van der Waals surface area contributed by atoms with Crippen molar-refractivity contribution in [3.8, 4) is 0 Å². The fourth-order valence-corrected chi connectivity index (χ4v) is 2.82. The molecule has 0 aliphatic heterocycles. The van der Waals surface area contributed by atoms with Crippen molar-refractivity contribution in [2.45, 2.75) is 59.0 Å². The predicted octanol–water partition coefficient (Wildman–Crippen LogP) is 2.51. The molecule has 114 valence electrons. The van der Waals surface area contributed by atoms with Gasteiger partial charge in [0.1, 0.15) is 0 Å². The lowest BCUT2D eigenvalue weighted by Gasteiger charge is -2.14. The van der Waals surface area contributed by atoms with E-state index in [1.165, 1.54) is 0 Å². The van der Waals surface area contributed by atoms with Gasteiger partial charge in [-0.3, -0.25) is 4.79 Å². The lowest BCUT2D eigenvalue weighted by atomic mass is 9.98. The Balaban J connectivity index is 2.41. The summed E-state index contributed by atoms with van der Waals surface area (Å²) in [6.45, 7) is 10.7. The number of aliphatic hydroxyl groups is 1. The number of amides is 1. The molecule has 0 radical (unpaired) electrons. The summed E-state index contributed by atoms with van der Waals surface area (Å²) in [6.07, 6.45) is 0.703. The highest BCUT2D eigenvalue weighted by Gasteiger charge is 2.18. The first kappa shape index (κ1) is 17.1. The number of thiazole rings is 1. The van der Waals surface area contributed by atoms with E-state index in [9.17, 15) is 9.90 Å². The van der Waals surface area contributed by atoms with E-state index in [1.54, 1.807) is 18.3 Å². The third kappa shape index (κ3) is 6.01. The maximum absolute atomic E-state index is 11.9. The fourth-order valence-electron chi connectivity index (χ4n) is 1.91. The molecule has 20 heavy (non-hydrogen) atoms. The van der Waals surface area contributed by atoms with Gasteiger partial charge in [0, 0.05) is 17.3 Å². The minimum Gasteiger partial charge on any atom is -0.393 e. The monoisotopic (exact) mass is 298 g/mol. The summed E-state index contributed by atoms with van der Waals surface area (Å²) in [5.41, 5.74) is 0.867. The molecule has 2 N–H and O–H groups in total. The van der Waals surface area contributed by atoms with Gasteiger partial charge in [-0.2, -0.15) is 0 Å². The number of carbonyl (C=O) groups is 1. The van der Waals surface area contributed by atoms with Crippen LogP contribution in [0.5, 0.6) is 0 Å². The van der Waals surface area contributed by atoms with Crippen molar-refractivity contribution in [2.24, 2.45) is 5.92 Å². The number of hydrogen-bond donors (Lipinski definition) is 2. The van der Waals surface area contributed by atoms with E-state index in [0.717, 1.165) is 10.7 Å². The van der Waals surface area contributed by atoms with Gasteiger partial charge < -0.3 is 10.4 Å². The van der Waals surface area contributed by atoms with Crippen LogP contribution in [0.25, 0.3) is 0 Å². The maximum Gasteiger partial charge on any atom is 0.226 e. The molecule has 0 saturated carbocycles. The number of hydrogen-bond acceptors (Lipinski definition) is 4. The zero-order valence-corrected chi connectivity index (χ0v) is 13.9. The average molecular weight is 298 g/mol. The minimum absolute atomic E-state index is 0.00629. The van der Waals surface area contributed by atoms with Crippen LogP contribution in [0.15, 0.2) is 5.38 Å². The molecule has 0 saturated heterocycles. The van der Waals surface area contributed by atoms with Gasteiger partial charge in [0.25, 0.3) is 0 Å². The second-order valence-corrected chi connectivity index (χ2v) is 7.42. The molecule has 0 fully saturated rings. The van der Waals surface area contributed by atoms with Crippen LogP contribution in [0.1, 0.15) is 51.7 Å². The Labute approximate surface area is 125 Å². The number of aromatic nitrogens is 1. The van der Waals surface area contributed by atoms with E-state index >= 15 is 0 Å². The van der Waals surface area contributed by atoms with Gasteiger partial charge in [0.05, 0.1) is 23.2 Å². The molecule has 0 aliphatic rings. The molecule has 0 unspecified atom stereocenters. The van der Waals surface area contributed by atoms with E-state index < -0.39 is 0 Å². The lowest BCUT2D eigenvalue weighted by molar-refractivity contribution is -0.120. The SMILES string of the molecule is C[C@H](CNC(=O)Cc1csc(C(C)(C)C)n1)C[C@@H](C)O. The molecule has 0 aliphatic carbocycles. The Hall–Kier alpha value is -0.940. The van der Waals surface area contributed by atoms with Gasteiger partial charge in [0.2, 0.25) is 5.91 Å². The van der Waals surface area contributed by atoms with Crippen LogP contribution in [0.3, 0.4) is 0 Å². The molecule has 2 atom stereocenters. The second-order valence-electron chi connectivity index (χ2n) is 6.56. The van der Waals surface area contributed by atoms with Crippen molar-refractivity contribution in [1.82, 2.24) is 10.3 Å². The van der Waals surface area contributed by atoms with Crippen LogP contribution in [0.2, 0.25) is 0 Å². The molecule has 0 bridgehead atoms. The van der Waals surface area contributed by atoms with Crippen LogP contribution < -0.4 is 5.32 Å². The first-order valence-electron chi connectivity index (χ1n) is 7.08. The first-order chi connectivity index (χ1) is 9.18. The summed E-state index contributed by atoms with van der Waals surface area (Å²) in [5, 5.41) is 15.2. The van der Waals surface area contributed by atoms with Crippen LogP contribution in [-0.4, -0.2) is 28.6 Å². The lowest BCUT2D eigenvalue weighted by Crippen LogP contribution is -2.30. The number of aliphatic hydroxyl groups excluding tert-OH is 1. The highest BCUT2D eigenvalue weighted by molar-refractivity contribution is 7.09. The number of carbonyl (C=O) groups excluding carboxylic acids is 1. The summed E-state index contributed by atoms with van der Waals surface area (Å²) in [4.78, 5) is 16.4. The third-order valence-electron chi connectivity index (χ3n) is 2.93. The minimum atomic E-state index is -0.324. The highest BCUT2D eigenvalue weighted by atomic mass is 32.1. The molecule has 5 heteroatoms. The normalized spacial score (nSPS) is 14.9. The van der Waals surface area contributed by atoms with Crippen LogP contribution in [-0.2, 0) is 16.6 Å². The topological polar surface area (TPSA) is 62.2 Å². The van der Waals surface area contributed by atoms with Gasteiger partial charge in [-0.25, -0.2) is 4.98 Å². The van der Waals surface area contributed by atoms with Crippen LogP contribution in [0.4, 0.5) is 0 Å². The van der Waals surface area contributed by atoms with Crippen molar-refractivity contribution in [2.75, 3.05) is 6.54 Å². The molecule has 4 nitrogen and oxygen atoms in total. The van der Waals surface area contributed by atoms with Crippen molar-refractivity contribution in [1.29, 1.82) is 0 Å². The van der Waals surface area contributed by atoms with Gasteiger partial charge in [-0.15, -0.1) is 11.3 Å². The summed E-state index contributed by atoms with van der Waals surface area (Å²) < 4.78 is 0. The zero-order valence-electron chi connectivity index (χ0n) is 13.1. The molecular formula is C15H26N2O2S. The smallest absolute Gasteiger partial charge is 0.226 e. The fraction of sp³-hybridized carbons (Fsp3) is 0.733. The zero-order chi connectivity index (χ0) is 15.3. The third-order valence-corrected chi connectivity index (χ3v) is 4.24. The Morgan fingerprint density at radius 2 is 2.10 bits per heavy atom. The summed E-state index contributed by atoms with van der Waals surface area (Å²) >= 11 is 1.61. The number of nitrogens with one attached hydrogen (secondary N) is 1. The van der Waals surface area contributed by atoms with Crippen molar-refractivity contribution in [3.05, 3.63) is 16.1 Å². The molecule has 0 spiro atoms. The largest absolute Gasteiger partial charge is 0.393 e. The molecule has 1 heterocycles. The van der Waals surface area contributed by atoms with Crippen LogP contribution >= 0.6 is 11.3 Å². The number of rotatable bonds is 6. The summed E-state index contributed by atoms with van der Waals surface area (Å²) in [7, 11) is 0. The Kier molecular flexibility index (Phi) is 6.14. The molecule has 1 rings (SSSR count). The van der Waals surface area contributed by atoms with Gasteiger partial charge in [-0.05, 0) is 19.3 Å². The van der Waals surface area contributed by atoms with Crippen molar-refractivity contribution in [3.63, 3.8) is 0 Å². The number of nitrogens with zero attached hydrogens (tertiary/aromatic N) is 1. The molecule has 1 amide bonds. The Morgan fingerprint density at radius 3 is 2.60 bits per heavy atom. The van der Waals surface area contributed by atoms with E-state index in [-0.39, 0.29) is 23.3 Å². The molecule has 0 aromatic carbocycles. The van der Waals surface area contributed by atoms with Crippen LogP contribution in [0, 0.1) is 5.92 Å². The molecule has 1 aromatic rings. The summed E-state index contributed by atoms with van der Waals surface area (Å²) in [5.74, 6) is 0.271. The molecule has 1 aromatic heterocycles. The highest BCUT2D eigenvalue weighted by Crippen LogP contribution is 2.25. The second kappa shape index (κ2) is 7.18. The first-order valence-corrected chi connectivity index (χ1v) is 7.96. The van der Waals surface area contributed by atoms with Gasteiger partial charge >= 0.3 is 0 Å².